The Kier molecular flexibility index (Phi) is 3.79. The van der Waals surface area contributed by atoms with Crippen molar-refractivity contribution in [2.45, 2.75) is 44.3 Å². The molecule has 1 fully saturated rings. The summed E-state index contributed by atoms with van der Waals surface area (Å²) in [6, 6.07) is 5.95. The standard InChI is InChI=1S/C17H23NO3S/c1-17(2)12-18(10-11-22(17,20)21)16(19)15-9-5-7-13-6-3-4-8-14(13)15/h5,7,9H,3-4,6,8,10-12H2,1-2H3. The normalized spacial score (nSPS) is 22.9. The van der Waals surface area contributed by atoms with Gasteiger partial charge in [0, 0.05) is 18.7 Å². The molecular weight excluding hydrogens is 298 g/mol. The fourth-order valence-corrected chi connectivity index (χ4v) is 4.83. The molecule has 22 heavy (non-hydrogen) atoms. The van der Waals surface area contributed by atoms with E-state index in [0.29, 0.717) is 6.54 Å². The molecule has 0 unspecified atom stereocenters. The second kappa shape index (κ2) is 5.37. The van der Waals surface area contributed by atoms with Gasteiger partial charge in [-0.15, -0.1) is 0 Å². The van der Waals surface area contributed by atoms with Crippen LogP contribution in [0.1, 0.15) is 48.2 Å². The van der Waals surface area contributed by atoms with Gasteiger partial charge in [-0.2, -0.15) is 0 Å². The first-order valence-electron chi connectivity index (χ1n) is 7.94. The number of aryl methyl sites for hydroxylation is 1. The lowest BCUT2D eigenvalue weighted by Crippen LogP contribution is -2.54. The zero-order valence-corrected chi connectivity index (χ0v) is 14.1. The summed E-state index contributed by atoms with van der Waals surface area (Å²) in [5.41, 5.74) is 3.22. The third kappa shape index (κ3) is 2.56. The van der Waals surface area contributed by atoms with Gasteiger partial charge in [-0.05, 0) is 56.7 Å². The summed E-state index contributed by atoms with van der Waals surface area (Å²) in [5.74, 6) is 0.0440. The molecule has 0 radical (unpaired) electrons. The number of carbonyl (C=O) groups excluding carboxylic acids is 1. The molecule has 0 N–H and O–H groups in total. The Labute approximate surface area is 132 Å². The number of benzene rings is 1. The molecule has 1 saturated heterocycles. The van der Waals surface area contributed by atoms with Crippen LogP contribution >= 0.6 is 0 Å². The second-order valence-electron chi connectivity index (χ2n) is 6.96. The van der Waals surface area contributed by atoms with E-state index in [2.05, 4.69) is 6.07 Å². The fraction of sp³-hybridized carbons (Fsp3) is 0.588. The average Bonchev–Trinajstić information content (AvgIpc) is 2.49. The van der Waals surface area contributed by atoms with Crippen molar-refractivity contribution in [3.8, 4) is 0 Å². The van der Waals surface area contributed by atoms with Crippen molar-refractivity contribution in [2.75, 3.05) is 18.8 Å². The maximum atomic E-state index is 12.9. The molecule has 1 aromatic carbocycles. The Bertz CT molecular complexity index is 707. The van der Waals surface area contributed by atoms with E-state index in [1.807, 2.05) is 12.1 Å². The topological polar surface area (TPSA) is 54.5 Å². The number of hydrogen-bond donors (Lipinski definition) is 0. The molecule has 0 atom stereocenters. The van der Waals surface area contributed by atoms with Crippen LogP contribution in [0.3, 0.4) is 0 Å². The summed E-state index contributed by atoms with van der Waals surface area (Å²) < 4.78 is 23.3. The smallest absolute Gasteiger partial charge is 0.254 e. The number of nitrogens with zero attached hydrogens (tertiary/aromatic N) is 1. The summed E-state index contributed by atoms with van der Waals surface area (Å²) >= 11 is 0. The maximum absolute atomic E-state index is 12.9. The highest BCUT2D eigenvalue weighted by Crippen LogP contribution is 2.28. The van der Waals surface area contributed by atoms with Crippen LogP contribution in [0, 0.1) is 0 Å². The van der Waals surface area contributed by atoms with E-state index >= 15 is 0 Å². The first-order chi connectivity index (χ1) is 10.3. The van der Waals surface area contributed by atoms with Crippen molar-refractivity contribution in [1.82, 2.24) is 4.90 Å². The molecule has 1 aliphatic heterocycles. The van der Waals surface area contributed by atoms with Gasteiger partial charge >= 0.3 is 0 Å². The highest BCUT2D eigenvalue weighted by atomic mass is 32.2. The Hall–Kier alpha value is -1.36. The van der Waals surface area contributed by atoms with Crippen molar-refractivity contribution < 1.29 is 13.2 Å². The molecule has 3 rings (SSSR count). The molecule has 0 bridgehead atoms. The van der Waals surface area contributed by atoms with Gasteiger partial charge in [0.25, 0.3) is 5.91 Å². The highest BCUT2D eigenvalue weighted by Gasteiger charge is 2.42. The van der Waals surface area contributed by atoms with Crippen LogP contribution < -0.4 is 0 Å². The minimum absolute atomic E-state index is 0.0123. The number of amides is 1. The number of rotatable bonds is 1. The molecule has 4 nitrogen and oxygen atoms in total. The van der Waals surface area contributed by atoms with Gasteiger partial charge in [-0.1, -0.05) is 12.1 Å². The molecule has 5 heteroatoms. The number of carbonyl (C=O) groups is 1. The van der Waals surface area contributed by atoms with E-state index in [-0.39, 0.29) is 18.2 Å². The predicted octanol–water partition coefficient (Wildman–Crippen LogP) is 2.21. The van der Waals surface area contributed by atoms with Gasteiger partial charge in [0.1, 0.15) is 0 Å². The zero-order valence-electron chi connectivity index (χ0n) is 13.3. The lowest BCUT2D eigenvalue weighted by Gasteiger charge is -2.38. The van der Waals surface area contributed by atoms with E-state index in [4.69, 9.17) is 0 Å². The summed E-state index contributed by atoms with van der Waals surface area (Å²) in [5, 5.41) is 0. The summed E-state index contributed by atoms with van der Waals surface area (Å²) in [7, 11) is -3.12. The second-order valence-corrected chi connectivity index (χ2v) is 9.70. The Morgan fingerprint density at radius 3 is 2.64 bits per heavy atom. The molecular formula is C17H23NO3S. The van der Waals surface area contributed by atoms with Gasteiger partial charge in [-0.25, -0.2) is 8.42 Å². The molecule has 1 aliphatic carbocycles. The quantitative estimate of drug-likeness (QED) is 0.797. The van der Waals surface area contributed by atoms with E-state index in [1.165, 1.54) is 17.5 Å². The molecule has 0 spiro atoms. The first kappa shape index (κ1) is 15.5. The summed E-state index contributed by atoms with van der Waals surface area (Å²) in [4.78, 5) is 14.6. The minimum atomic E-state index is -3.12. The number of fused-ring (bicyclic) bond motifs is 1. The fourth-order valence-electron chi connectivity index (χ4n) is 3.47. The van der Waals surface area contributed by atoms with Crippen LogP contribution in [0.15, 0.2) is 18.2 Å². The zero-order chi connectivity index (χ0) is 16.0. The first-order valence-corrected chi connectivity index (χ1v) is 9.59. The SMILES string of the molecule is CC1(C)CN(C(=O)c2cccc3c2CCCC3)CCS1(=O)=O. The Morgan fingerprint density at radius 2 is 1.91 bits per heavy atom. The van der Waals surface area contributed by atoms with Gasteiger partial charge in [-0.3, -0.25) is 4.79 Å². The minimum Gasteiger partial charge on any atom is -0.336 e. The highest BCUT2D eigenvalue weighted by molar-refractivity contribution is 7.92. The molecule has 0 saturated carbocycles. The van der Waals surface area contributed by atoms with Crippen LogP contribution in [0.4, 0.5) is 0 Å². The molecule has 1 amide bonds. The monoisotopic (exact) mass is 321 g/mol. The van der Waals surface area contributed by atoms with Crippen molar-refractivity contribution >= 4 is 15.7 Å². The number of sulfone groups is 1. The van der Waals surface area contributed by atoms with E-state index in [1.54, 1.807) is 18.7 Å². The molecule has 120 valence electrons. The lowest BCUT2D eigenvalue weighted by atomic mass is 9.88. The molecule has 1 aromatic rings. The van der Waals surface area contributed by atoms with Crippen molar-refractivity contribution in [3.05, 3.63) is 34.9 Å². The van der Waals surface area contributed by atoms with Crippen molar-refractivity contribution in [2.24, 2.45) is 0 Å². The summed E-state index contributed by atoms with van der Waals surface area (Å²) in [6.45, 7) is 4.00. The van der Waals surface area contributed by atoms with Gasteiger partial charge in [0.05, 0.1) is 10.5 Å². The van der Waals surface area contributed by atoms with E-state index in [9.17, 15) is 13.2 Å². The van der Waals surface area contributed by atoms with Gasteiger partial charge in [0.2, 0.25) is 0 Å². The maximum Gasteiger partial charge on any atom is 0.254 e. The van der Waals surface area contributed by atoms with E-state index < -0.39 is 14.6 Å². The number of hydrogen-bond acceptors (Lipinski definition) is 3. The Balaban J connectivity index is 1.90. The van der Waals surface area contributed by atoms with Crippen LogP contribution in [0.25, 0.3) is 0 Å². The average molecular weight is 321 g/mol. The van der Waals surface area contributed by atoms with Crippen LogP contribution in [-0.2, 0) is 22.7 Å². The van der Waals surface area contributed by atoms with Crippen LogP contribution in [0.5, 0.6) is 0 Å². The third-order valence-electron chi connectivity index (χ3n) is 4.96. The lowest BCUT2D eigenvalue weighted by molar-refractivity contribution is 0.0742. The van der Waals surface area contributed by atoms with E-state index in [0.717, 1.165) is 24.8 Å². The van der Waals surface area contributed by atoms with Crippen molar-refractivity contribution in [1.29, 1.82) is 0 Å². The molecule has 2 aliphatic rings. The third-order valence-corrected chi connectivity index (χ3v) is 7.49. The predicted molar refractivity (Wildman–Crippen MR) is 86.9 cm³/mol. The Morgan fingerprint density at radius 1 is 1.18 bits per heavy atom. The van der Waals surface area contributed by atoms with Crippen LogP contribution in [-0.4, -0.2) is 42.8 Å². The van der Waals surface area contributed by atoms with Gasteiger partial charge < -0.3 is 4.90 Å². The molecule has 0 aromatic heterocycles. The van der Waals surface area contributed by atoms with Gasteiger partial charge in [0.15, 0.2) is 9.84 Å². The van der Waals surface area contributed by atoms with Crippen LogP contribution in [0.2, 0.25) is 0 Å². The largest absolute Gasteiger partial charge is 0.336 e. The molecule has 1 heterocycles. The summed E-state index contributed by atoms with van der Waals surface area (Å²) in [6.07, 6.45) is 4.29. The van der Waals surface area contributed by atoms with Crippen molar-refractivity contribution in [3.63, 3.8) is 0 Å².